The Kier molecular flexibility index (Phi) is 4.89. The first-order valence-electron chi connectivity index (χ1n) is 9.27. The van der Waals surface area contributed by atoms with Gasteiger partial charge in [-0.1, -0.05) is 30.7 Å². The number of nitrogens with one attached hydrogen (secondary N) is 1. The monoisotopic (exact) mass is 374 g/mol. The Labute approximate surface area is 163 Å². The average molecular weight is 374 g/mol. The Bertz CT molecular complexity index is 1160. The first-order chi connectivity index (χ1) is 13.7. The van der Waals surface area contributed by atoms with Gasteiger partial charge in [-0.3, -0.25) is 0 Å². The van der Waals surface area contributed by atoms with E-state index in [1.807, 2.05) is 35.9 Å². The average Bonchev–Trinajstić information content (AvgIpc) is 2.98. The summed E-state index contributed by atoms with van der Waals surface area (Å²) in [5.74, 6) is 1.15. The lowest BCUT2D eigenvalue weighted by atomic mass is 10.2. The molecule has 0 aliphatic heterocycles. The number of ether oxygens (including phenoxy) is 1. The van der Waals surface area contributed by atoms with Crippen molar-refractivity contribution in [2.24, 2.45) is 12.1 Å². The molecular weight excluding hydrogens is 352 g/mol. The molecule has 4 rings (SSSR count). The Hall–Kier alpha value is -3.48. The van der Waals surface area contributed by atoms with E-state index in [4.69, 9.17) is 4.74 Å². The van der Waals surface area contributed by atoms with E-state index in [1.54, 1.807) is 6.21 Å². The molecule has 0 amide bonds. The summed E-state index contributed by atoms with van der Waals surface area (Å²) in [5, 5.41) is 13.8. The second-order valence-corrected chi connectivity index (χ2v) is 6.64. The summed E-state index contributed by atoms with van der Waals surface area (Å²) < 4.78 is 7.76. The van der Waals surface area contributed by atoms with Crippen LogP contribution in [-0.2, 0) is 7.05 Å². The predicted octanol–water partition coefficient (Wildman–Crippen LogP) is 4.06. The summed E-state index contributed by atoms with van der Waals surface area (Å²) in [6, 6.07) is 14.0. The molecule has 0 fully saturated rings. The number of aryl methyl sites for hydroxylation is 2. The van der Waals surface area contributed by atoms with Crippen molar-refractivity contribution in [1.82, 2.24) is 19.7 Å². The van der Waals surface area contributed by atoms with Gasteiger partial charge in [0.1, 0.15) is 11.3 Å². The molecule has 0 bridgehead atoms. The van der Waals surface area contributed by atoms with Crippen molar-refractivity contribution in [3.05, 3.63) is 53.6 Å². The highest BCUT2D eigenvalue weighted by molar-refractivity contribution is 6.04. The lowest BCUT2D eigenvalue weighted by molar-refractivity contribution is 0.317. The summed E-state index contributed by atoms with van der Waals surface area (Å²) in [5.41, 5.74) is 7.56. The molecule has 0 saturated heterocycles. The van der Waals surface area contributed by atoms with Crippen LogP contribution in [0.2, 0.25) is 0 Å². The van der Waals surface area contributed by atoms with Crippen LogP contribution in [0.3, 0.4) is 0 Å². The first kappa shape index (κ1) is 17.9. The van der Waals surface area contributed by atoms with E-state index in [2.05, 4.69) is 57.8 Å². The fourth-order valence-electron chi connectivity index (χ4n) is 3.11. The first-order valence-corrected chi connectivity index (χ1v) is 9.27. The number of fused-ring (bicyclic) bond motifs is 3. The number of rotatable bonds is 6. The molecule has 28 heavy (non-hydrogen) atoms. The van der Waals surface area contributed by atoms with Crippen molar-refractivity contribution < 1.29 is 4.74 Å². The molecule has 0 radical (unpaired) electrons. The van der Waals surface area contributed by atoms with Crippen LogP contribution in [0.5, 0.6) is 5.75 Å². The van der Waals surface area contributed by atoms with Gasteiger partial charge in [-0.15, -0.1) is 10.2 Å². The van der Waals surface area contributed by atoms with Crippen LogP contribution < -0.4 is 10.2 Å². The van der Waals surface area contributed by atoms with Crippen LogP contribution in [0.4, 0.5) is 5.95 Å². The normalized spacial score (nSPS) is 11.5. The highest BCUT2D eigenvalue weighted by atomic mass is 16.5. The van der Waals surface area contributed by atoms with Gasteiger partial charge >= 0.3 is 0 Å². The SMILES string of the molecule is CCCOc1ccccc1C=NNc1nnc2c3cc(C)ccc3n(C)c2n1. The topological polar surface area (TPSA) is 77.2 Å². The minimum Gasteiger partial charge on any atom is -0.493 e. The molecule has 2 aromatic carbocycles. The lowest BCUT2D eigenvalue weighted by Crippen LogP contribution is -2.02. The number of benzene rings is 2. The number of hydrogen-bond acceptors (Lipinski definition) is 6. The number of aromatic nitrogens is 4. The summed E-state index contributed by atoms with van der Waals surface area (Å²) in [7, 11) is 1.98. The van der Waals surface area contributed by atoms with Crippen LogP contribution in [-0.4, -0.2) is 32.6 Å². The van der Waals surface area contributed by atoms with Gasteiger partial charge in [0.25, 0.3) is 5.95 Å². The summed E-state index contributed by atoms with van der Waals surface area (Å²) in [6.07, 6.45) is 2.65. The maximum atomic E-state index is 5.74. The van der Waals surface area contributed by atoms with Crippen molar-refractivity contribution in [2.75, 3.05) is 12.0 Å². The highest BCUT2D eigenvalue weighted by Crippen LogP contribution is 2.26. The lowest BCUT2D eigenvalue weighted by Gasteiger charge is -2.07. The third kappa shape index (κ3) is 3.38. The Morgan fingerprint density at radius 2 is 2.04 bits per heavy atom. The minimum absolute atomic E-state index is 0.346. The zero-order chi connectivity index (χ0) is 19.5. The Morgan fingerprint density at radius 1 is 1.18 bits per heavy atom. The second kappa shape index (κ2) is 7.64. The third-order valence-electron chi connectivity index (χ3n) is 4.50. The van der Waals surface area contributed by atoms with Crippen molar-refractivity contribution in [3.8, 4) is 5.75 Å². The summed E-state index contributed by atoms with van der Waals surface area (Å²) >= 11 is 0. The second-order valence-electron chi connectivity index (χ2n) is 6.64. The Balaban J connectivity index is 1.60. The number of anilines is 1. The molecule has 4 aromatic rings. The van der Waals surface area contributed by atoms with E-state index < -0.39 is 0 Å². The van der Waals surface area contributed by atoms with Gasteiger partial charge in [0.2, 0.25) is 0 Å². The van der Waals surface area contributed by atoms with Gasteiger partial charge in [-0.25, -0.2) is 5.43 Å². The van der Waals surface area contributed by atoms with Crippen LogP contribution in [0.15, 0.2) is 47.6 Å². The number of nitrogens with zero attached hydrogens (tertiary/aromatic N) is 5. The molecular formula is C21H22N6O. The van der Waals surface area contributed by atoms with E-state index in [1.165, 1.54) is 5.56 Å². The number of para-hydroxylation sites is 1. The van der Waals surface area contributed by atoms with Gasteiger partial charge in [-0.2, -0.15) is 10.1 Å². The molecule has 0 aliphatic carbocycles. The van der Waals surface area contributed by atoms with Crippen molar-refractivity contribution in [1.29, 1.82) is 0 Å². The fourth-order valence-corrected chi connectivity index (χ4v) is 3.11. The van der Waals surface area contributed by atoms with Crippen LogP contribution in [0, 0.1) is 6.92 Å². The van der Waals surface area contributed by atoms with Crippen LogP contribution in [0.1, 0.15) is 24.5 Å². The maximum Gasteiger partial charge on any atom is 0.265 e. The zero-order valence-electron chi connectivity index (χ0n) is 16.2. The molecule has 7 heteroatoms. The van der Waals surface area contributed by atoms with Gasteiger partial charge in [0.15, 0.2) is 5.65 Å². The van der Waals surface area contributed by atoms with E-state index in [0.717, 1.165) is 39.8 Å². The quantitative estimate of drug-likeness (QED) is 0.407. The van der Waals surface area contributed by atoms with Gasteiger partial charge in [0.05, 0.1) is 18.3 Å². The molecule has 0 spiro atoms. The minimum atomic E-state index is 0.346. The highest BCUT2D eigenvalue weighted by Gasteiger charge is 2.12. The standard InChI is InChI=1S/C21H22N6O/c1-4-11-28-18-8-6-5-7-15(18)13-22-25-21-23-20-19(24-26-21)16-12-14(2)9-10-17(16)27(20)3/h5-10,12-13H,4,11H2,1-3H3,(H,23,25,26). The van der Waals surface area contributed by atoms with E-state index in [-0.39, 0.29) is 0 Å². The molecule has 2 aromatic heterocycles. The predicted molar refractivity (Wildman–Crippen MR) is 112 cm³/mol. The van der Waals surface area contributed by atoms with Gasteiger partial charge in [0, 0.05) is 18.0 Å². The molecule has 7 nitrogen and oxygen atoms in total. The molecule has 1 N–H and O–H groups in total. The van der Waals surface area contributed by atoms with Gasteiger partial charge in [-0.05, 0) is 37.6 Å². The molecule has 0 aliphatic rings. The molecule has 0 saturated carbocycles. The fraction of sp³-hybridized carbons (Fsp3) is 0.238. The third-order valence-corrected chi connectivity index (χ3v) is 4.50. The van der Waals surface area contributed by atoms with Crippen molar-refractivity contribution in [2.45, 2.75) is 20.3 Å². The van der Waals surface area contributed by atoms with Crippen molar-refractivity contribution in [3.63, 3.8) is 0 Å². The van der Waals surface area contributed by atoms with Crippen LogP contribution in [0.25, 0.3) is 22.1 Å². The van der Waals surface area contributed by atoms with Crippen LogP contribution >= 0.6 is 0 Å². The smallest absolute Gasteiger partial charge is 0.265 e. The van der Waals surface area contributed by atoms with E-state index in [9.17, 15) is 0 Å². The largest absolute Gasteiger partial charge is 0.493 e. The molecule has 142 valence electrons. The van der Waals surface area contributed by atoms with E-state index in [0.29, 0.717) is 12.6 Å². The Morgan fingerprint density at radius 3 is 2.89 bits per heavy atom. The van der Waals surface area contributed by atoms with E-state index >= 15 is 0 Å². The number of hydrogen-bond donors (Lipinski definition) is 1. The molecule has 2 heterocycles. The number of hydrazone groups is 1. The molecule has 0 unspecified atom stereocenters. The summed E-state index contributed by atoms with van der Waals surface area (Å²) in [6.45, 7) is 4.81. The zero-order valence-corrected chi connectivity index (χ0v) is 16.2. The molecule has 0 atom stereocenters. The summed E-state index contributed by atoms with van der Waals surface area (Å²) in [4.78, 5) is 4.58. The van der Waals surface area contributed by atoms with Crippen molar-refractivity contribution >= 4 is 34.2 Å². The van der Waals surface area contributed by atoms with Gasteiger partial charge < -0.3 is 9.30 Å². The maximum absolute atomic E-state index is 5.74.